The van der Waals surface area contributed by atoms with E-state index in [2.05, 4.69) is 16.5 Å². The van der Waals surface area contributed by atoms with Crippen LogP contribution in [0.2, 0.25) is 0 Å². The zero-order chi connectivity index (χ0) is 19.1. The van der Waals surface area contributed by atoms with Gasteiger partial charge in [0.2, 0.25) is 11.8 Å². The lowest BCUT2D eigenvalue weighted by atomic mass is 9.99. The van der Waals surface area contributed by atoms with Crippen molar-refractivity contribution in [2.75, 3.05) is 18.4 Å². The molecule has 27 heavy (non-hydrogen) atoms. The highest BCUT2D eigenvalue weighted by atomic mass is 16.2. The minimum atomic E-state index is -0.170. The van der Waals surface area contributed by atoms with Crippen LogP contribution in [-0.2, 0) is 23.2 Å². The van der Waals surface area contributed by atoms with Gasteiger partial charge in [-0.15, -0.1) is 0 Å². The molecule has 1 aromatic carbocycles. The van der Waals surface area contributed by atoms with Crippen molar-refractivity contribution >= 4 is 28.4 Å². The average molecular weight is 365 g/mol. The quantitative estimate of drug-likeness (QED) is 0.769. The van der Waals surface area contributed by atoms with Crippen molar-refractivity contribution in [3.63, 3.8) is 0 Å². The van der Waals surface area contributed by atoms with Crippen molar-refractivity contribution in [3.8, 4) is 0 Å². The van der Waals surface area contributed by atoms with Crippen molar-refractivity contribution in [3.05, 3.63) is 47.9 Å². The van der Waals surface area contributed by atoms with Crippen molar-refractivity contribution in [2.45, 2.75) is 20.4 Å². The first-order valence-electron chi connectivity index (χ1n) is 9.06. The summed E-state index contributed by atoms with van der Waals surface area (Å²) in [4.78, 5) is 26.8. The lowest BCUT2D eigenvalue weighted by Gasteiger charge is -2.38. The number of benzene rings is 1. The number of rotatable bonds is 4. The van der Waals surface area contributed by atoms with Crippen molar-refractivity contribution in [1.82, 2.24) is 19.2 Å². The number of aromatic nitrogens is 3. The van der Waals surface area contributed by atoms with Gasteiger partial charge in [-0.1, -0.05) is 18.2 Å². The molecule has 0 spiro atoms. The van der Waals surface area contributed by atoms with E-state index < -0.39 is 0 Å². The number of anilines is 1. The molecule has 0 aliphatic carbocycles. The van der Waals surface area contributed by atoms with Gasteiger partial charge in [0.05, 0.1) is 23.5 Å². The Morgan fingerprint density at radius 1 is 1.22 bits per heavy atom. The molecule has 3 aromatic rings. The fourth-order valence-corrected chi connectivity index (χ4v) is 3.50. The minimum Gasteiger partial charge on any atom is -0.339 e. The monoisotopic (exact) mass is 365 g/mol. The van der Waals surface area contributed by atoms with Crippen LogP contribution >= 0.6 is 0 Å². The van der Waals surface area contributed by atoms with Crippen LogP contribution in [0, 0.1) is 19.8 Å². The molecule has 0 unspecified atom stereocenters. The Bertz CT molecular complexity index is 1030. The topological polar surface area (TPSA) is 72.2 Å². The van der Waals surface area contributed by atoms with Crippen LogP contribution in [0.4, 0.5) is 5.69 Å². The van der Waals surface area contributed by atoms with Crippen LogP contribution in [0.15, 0.2) is 36.5 Å². The fraction of sp³-hybridized carbons (Fsp3) is 0.350. The van der Waals surface area contributed by atoms with Gasteiger partial charge in [0.1, 0.15) is 6.54 Å². The zero-order valence-corrected chi connectivity index (χ0v) is 15.8. The summed E-state index contributed by atoms with van der Waals surface area (Å²) in [5.74, 6) is -0.185. The molecule has 1 fully saturated rings. The maximum Gasteiger partial charge on any atom is 0.242 e. The van der Waals surface area contributed by atoms with Gasteiger partial charge in [-0.2, -0.15) is 5.10 Å². The van der Waals surface area contributed by atoms with Crippen LogP contribution in [0.1, 0.15) is 11.4 Å². The number of hydrogen-bond acceptors (Lipinski definition) is 3. The number of para-hydroxylation sites is 1. The van der Waals surface area contributed by atoms with Crippen LogP contribution in [0.25, 0.3) is 10.9 Å². The largest absolute Gasteiger partial charge is 0.339 e. The SMILES string of the molecule is Cc1c(NC(=O)C2CN(C(=O)Cn3c(C)cc4ccccc43)C2)cnn1C. The Hall–Kier alpha value is -3.09. The molecule has 2 aromatic heterocycles. The molecule has 0 atom stereocenters. The van der Waals surface area contributed by atoms with Gasteiger partial charge in [-0.05, 0) is 31.4 Å². The van der Waals surface area contributed by atoms with Gasteiger partial charge in [0, 0.05) is 31.3 Å². The predicted octanol–water partition coefficient (Wildman–Crippen LogP) is 2.09. The van der Waals surface area contributed by atoms with E-state index in [1.807, 2.05) is 49.7 Å². The summed E-state index contributed by atoms with van der Waals surface area (Å²) in [6, 6.07) is 10.1. The third-order valence-corrected chi connectivity index (χ3v) is 5.41. The molecule has 7 nitrogen and oxygen atoms in total. The first-order valence-corrected chi connectivity index (χ1v) is 9.06. The summed E-state index contributed by atoms with van der Waals surface area (Å²) in [5.41, 5.74) is 3.75. The Morgan fingerprint density at radius 2 is 1.96 bits per heavy atom. The van der Waals surface area contributed by atoms with E-state index in [0.29, 0.717) is 19.6 Å². The van der Waals surface area contributed by atoms with Crippen molar-refractivity contribution in [1.29, 1.82) is 0 Å². The molecule has 7 heteroatoms. The summed E-state index contributed by atoms with van der Waals surface area (Å²) < 4.78 is 3.75. The number of nitrogens with one attached hydrogen (secondary N) is 1. The Morgan fingerprint density at radius 3 is 2.67 bits per heavy atom. The van der Waals surface area contributed by atoms with E-state index in [1.54, 1.807) is 15.8 Å². The predicted molar refractivity (Wildman–Crippen MR) is 103 cm³/mol. The summed E-state index contributed by atoms with van der Waals surface area (Å²) in [7, 11) is 1.83. The molecule has 1 N–H and O–H groups in total. The van der Waals surface area contributed by atoms with E-state index in [0.717, 1.165) is 28.0 Å². The Kier molecular flexibility index (Phi) is 4.22. The first kappa shape index (κ1) is 17.3. The number of nitrogens with zero attached hydrogens (tertiary/aromatic N) is 4. The van der Waals surface area contributed by atoms with Gasteiger partial charge >= 0.3 is 0 Å². The third-order valence-electron chi connectivity index (χ3n) is 5.41. The Balaban J connectivity index is 1.36. The second-order valence-corrected chi connectivity index (χ2v) is 7.18. The lowest BCUT2D eigenvalue weighted by Crippen LogP contribution is -2.55. The fourth-order valence-electron chi connectivity index (χ4n) is 3.50. The van der Waals surface area contributed by atoms with E-state index in [9.17, 15) is 9.59 Å². The van der Waals surface area contributed by atoms with Crippen molar-refractivity contribution in [2.24, 2.45) is 13.0 Å². The summed E-state index contributed by atoms with van der Waals surface area (Å²) in [6.45, 7) is 5.14. The molecular formula is C20H23N5O2. The second kappa shape index (κ2) is 6.57. The number of fused-ring (bicyclic) bond motifs is 1. The Labute approximate surface area is 157 Å². The average Bonchev–Trinajstić information content (AvgIpc) is 3.07. The maximum absolute atomic E-state index is 12.6. The minimum absolute atomic E-state index is 0.0426. The molecule has 1 saturated heterocycles. The number of aryl methyl sites for hydroxylation is 2. The van der Waals surface area contributed by atoms with E-state index in [4.69, 9.17) is 0 Å². The summed E-state index contributed by atoms with van der Waals surface area (Å²) in [6.07, 6.45) is 1.65. The smallest absolute Gasteiger partial charge is 0.242 e. The molecule has 0 radical (unpaired) electrons. The van der Waals surface area contributed by atoms with Gasteiger partial charge < -0.3 is 14.8 Å². The molecule has 2 amide bonds. The van der Waals surface area contributed by atoms with Crippen LogP contribution < -0.4 is 5.32 Å². The van der Waals surface area contributed by atoms with Gasteiger partial charge in [0.15, 0.2) is 0 Å². The highest BCUT2D eigenvalue weighted by Crippen LogP contribution is 2.23. The standard InChI is InChI=1S/C20H23N5O2/c1-13-8-15-6-4-5-7-18(15)25(13)12-19(26)24-10-16(11-24)20(27)22-17-9-21-23(3)14(17)2/h4-9,16H,10-12H2,1-3H3,(H,22,27). The first-order chi connectivity index (χ1) is 12.9. The molecular weight excluding hydrogens is 342 g/mol. The molecule has 0 saturated carbocycles. The van der Waals surface area contributed by atoms with E-state index >= 15 is 0 Å². The molecule has 1 aliphatic heterocycles. The van der Waals surface area contributed by atoms with Gasteiger partial charge in [-0.25, -0.2) is 0 Å². The van der Waals surface area contributed by atoms with Crippen molar-refractivity contribution < 1.29 is 9.59 Å². The van der Waals surface area contributed by atoms with E-state index in [1.165, 1.54) is 0 Å². The highest BCUT2D eigenvalue weighted by molar-refractivity contribution is 5.95. The number of likely N-dealkylation sites (tertiary alicyclic amines) is 1. The second-order valence-electron chi connectivity index (χ2n) is 7.18. The van der Waals surface area contributed by atoms with E-state index in [-0.39, 0.29) is 17.7 Å². The maximum atomic E-state index is 12.6. The number of amides is 2. The number of hydrogen-bond donors (Lipinski definition) is 1. The number of carbonyl (C=O) groups is 2. The zero-order valence-electron chi connectivity index (χ0n) is 15.8. The normalized spacial score (nSPS) is 14.4. The van der Waals surface area contributed by atoms with Gasteiger partial charge in [-0.3, -0.25) is 14.3 Å². The van der Waals surface area contributed by atoms with Crippen LogP contribution in [0.5, 0.6) is 0 Å². The number of carbonyl (C=O) groups excluding carboxylic acids is 2. The summed E-state index contributed by atoms with van der Waals surface area (Å²) in [5, 5.41) is 8.17. The summed E-state index contributed by atoms with van der Waals surface area (Å²) >= 11 is 0. The van der Waals surface area contributed by atoms with Gasteiger partial charge in [0.25, 0.3) is 0 Å². The van der Waals surface area contributed by atoms with Crippen LogP contribution in [-0.4, -0.2) is 44.2 Å². The lowest BCUT2D eigenvalue weighted by molar-refractivity contribution is -0.141. The molecule has 0 bridgehead atoms. The molecule has 3 heterocycles. The van der Waals surface area contributed by atoms with Crippen LogP contribution in [0.3, 0.4) is 0 Å². The molecule has 140 valence electrons. The molecule has 4 rings (SSSR count). The molecule has 1 aliphatic rings. The highest BCUT2D eigenvalue weighted by Gasteiger charge is 2.36. The third kappa shape index (κ3) is 3.09.